The van der Waals surface area contributed by atoms with Crippen LogP contribution in [-0.4, -0.2) is 49.8 Å². The van der Waals surface area contributed by atoms with Crippen molar-refractivity contribution in [2.75, 3.05) is 12.3 Å². The summed E-state index contributed by atoms with van der Waals surface area (Å²) >= 11 is 0. The highest BCUT2D eigenvalue weighted by Crippen LogP contribution is 2.48. The van der Waals surface area contributed by atoms with E-state index in [1.807, 2.05) is 6.92 Å². The predicted octanol–water partition coefficient (Wildman–Crippen LogP) is 2.52. The Hall–Kier alpha value is -2.70. The molecule has 4 aliphatic rings. The van der Waals surface area contributed by atoms with Gasteiger partial charge in [0.05, 0.1) is 31.1 Å². The molecule has 2 radical (unpaired) electrons. The third kappa shape index (κ3) is 3.29. The number of rotatable bonds is 1. The number of anilines is 1. The van der Waals surface area contributed by atoms with Gasteiger partial charge in [0.15, 0.2) is 0 Å². The molecule has 0 aromatic carbocycles. The number of aromatic nitrogens is 2. The quantitative estimate of drug-likeness (QED) is 0.597. The number of piperidine rings is 1. The minimum Gasteiger partial charge on any atom is -0.623 e. The highest BCUT2D eigenvalue weighted by molar-refractivity contribution is 6.18. The van der Waals surface area contributed by atoms with Crippen molar-refractivity contribution in [1.29, 1.82) is 0 Å². The van der Waals surface area contributed by atoms with Crippen molar-refractivity contribution in [3.63, 3.8) is 0 Å². The number of nitrogens with two attached hydrogens (primary N) is 1. The van der Waals surface area contributed by atoms with Crippen molar-refractivity contribution >= 4 is 22.0 Å². The summed E-state index contributed by atoms with van der Waals surface area (Å²) < 4.78 is 57.1. The van der Waals surface area contributed by atoms with Crippen molar-refractivity contribution in [2.24, 2.45) is 0 Å². The Bertz CT molecular complexity index is 1240. The van der Waals surface area contributed by atoms with Gasteiger partial charge in [-0.15, -0.1) is 0 Å². The number of pyridine rings is 2. The van der Waals surface area contributed by atoms with Gasteiger partial charge in [-0.3, -0.25) is 4.79 Å². The second-order valence-electron chi connectivity index (χ2n) is 9.32. The molecule has 8 nitrogen and oxygen atoms in total. The van der Waals surface area contributed by atoms with Gasteiger partial charge < -0.3 is 35.1 Å². The Morgan fingerprint density at radius 3 is 2.80 bits per heavy atom. The van der Waals surface area contributed by atoms with Gasteiger partial charge in [0, 0.05) is 24.1 Å². The summed E-state index contributed by atoms with van der Waals surface area (Å²) in [5.41, 5.74) is 8.94. The summed E-state index contributed by atoms with van der Waals surface area (Å²) in [6.45, 7) is 2.84. The monoisotopic (exact) mass is 503 g/mol. The van der Waals surface area contributed by atoms with Crippen molar-refractivity contribution in [3.05, 3.63) is 45.8 Å². The molecule has 35 heavy (non-hydrogen) atoms. The number of hydrogen-bond donors (Lipinski definition) is 1. The van der Waals surface area contributed by atoms with Gasteiger partial charge in [-0.25, -0.2) is 9.97 Å². The van der Waals surface area contributed by atoms with E-state index in [1.165, 1.54) is 6.07 Å². The molecule has 1 fully saturated rings. The Balaban J connectivity index is 1.33. The molecule has 2 aromatic heterocycles. The van der Waals surface area contributed by atoms with Gasteiger partial charge in [0.2, 0.25) is 11.8 Å². The number of ether oxygens (including phenoxy) is 3. The van der Waals surface area contributed by atoms with Gasteiger partial charge in [0.1, 0.15) is 17.6 Å². The lowest BCUT2D eigenvalue weighted by Gasteiger charge is -2.56. The maximum absolute atomic E-state index is 13.8. The standard InChI is InChI=1S/C23H22F3N4O4Si/c1-10-18-12(8-32-10)11-7-15(33-9-14(11)28-19(18)27)21(31)30-6-2-3-17-22(30,35)13-4-5-16(23(24,25)26)29-20(13)34-17/h4-5,10,15,17H,2-3,6-9H2,1H3,(H2,27,28)/q-1/t10-,15+,17+,22-/m1/s1. The first kappa shape index (κ1) is 22.7. The van der Waals surface area contributed by atoms with E-state index in [1.54, 1.807) is 4.90 Å². The number of nitrogen functional groups attached to an aromatic ring is 1. The van der Waals surface area contributed by atoms with Crippen LogP contribution in [0, 0.1) is 0 Å². The largest absolute Gasteiger partial charge is 0.623 e. The van der Waals surface area contributed by atoms with E-state index in [4.69, 9.17) is 19.9 Å². The van der Waals surface area contributed by atoms with Gasteiger partial charge in [-0.05, 0) is 37.0 Å². The fourth-order valence-corrected chi connectivity index (χ4v) is 6.26. The first-order valence-corrected chi connectivity index (χ1v) is 11.9. The maximum atomic E-state index is 13.8. The van der Waals surface area contributed by atoms with Crippen molar-refractivity contribution in [3.8, 4) is 5.88 Å². The molecule has 0 aliphatic carbocycles. The van der Waals surface area contributed by atoms with E-state index in [9.17, 15) is 18.0 Å². The SMILES string of the molecule is C[C@H]1OCc2c3c(nc(N)c21)CO[C@H](C(=O)N1CCC[C@@H]2Oc4nc(C(F)(F)F)ccc4[C@@]21[Si-])C3. The Kier molecular flexibility index (Phi) is 4.97. The van der Waals surface area contributed by atoms with E-state index in [0.717, 1.165) is 22.8 Å². The third-order valence-corrected chi connectivity index (χ3v) is 8.22. The highest BCUT2D eigenvalue weighted by Gasteiger charge is 2.48. The lowest BCUT2D eigenvalue weighted by Crippen LogP contribution is -2.61. The molecule has 12 heteroatoms. The summed E-state index contributed by atoms with van der Waals surface area (Å²) in [6.07, 6.45) is -4.62. The molecular weight excluding hydrogens is 481 g/mol. The first-order valence-electron chi connectivity index (χ1n) is 11.4. The number of carbonyl (C=O) groups is 1. The van der Waals surface area contributed by atoms with Crippen LogP contribution < -0.4 is 10.5 Å². The summed E-state index contributed by atoms with van der Waals surface area (Å²) in [4.78, 5) is 23.6. The molecular formula is C23H22F3N4O4Si-. The Morgan fingerprint density at radius 2 is 2.03 bits per heavy atom. The molecule has 6 rings (SSSR count). The van der Waals surface area contributed by atoms with Crippen LogP contribution in [0.15, 0.2) is 12.1 Å². The maximum Gasteiger partial charge on any atom is 0.433 e. The fraction of sp³-hybridized carbons (Fsp3) is 0.522. The molecule has 6 heterocycles. The molecule has 4 aliphatic heterocycles. The van der Waals surface area contributed by atoms with Crippen LogP contribution in [0.1, 0.15) is 59.5 Å². The van der Waals surface area contributed by atoms with E-state index < -0.39 is 29.2 Å². The molecule has 0 bridgehead atoms. The van der Waals surface area contributed by atoms with E-state index >= 15 is 0 Å². The molecule has 0 spiro atoms. The van der Waals surface area contributed by atoms with Crippen molar-refractivity contribution in [2.45, 2.75) is 69.1 Å². The van der Waals surface area contributed by atoms with E-state index in [-0.39, 0.29) is 24.5 Å². The minimum atomic E-state index is -4.59. The van der Waals surface area contributed by atoms with Crippen LogP contribution in [0.5, 0.6) is 5.88 Å². The number of nitrogens with zero attached hydrogens (tertiary/aromatic N) is 3. The average molecular weight is 504 g/mol. The van der Waals surface area contributed by atoms with Crippen LogP contribution in [0.4, 0.5) is 19.0 Å². The normalized spacial score (nSPS) is 29.2. The smallest absolute Gasteiger partial charge is 0.433 e. The van der Waals surface area contributed by atoms with Gasteiger partial charge in [0.25, 0.3) is 0 Å². The number of fused-ring (bicyclic) bond motifs is 6. The number of amides is 1. The van der Waals surface area contributed by atoms with Crippen LogP contribution in [0.3, 0.4) is 0 Å². The zero-order chi connectivity index (χ0) is 24.7. The van der Waals surface area contributed by atoms with Crippen LogP contribution in [0.2, 0.25) is 0 Å². The Morgan fingerprint density at radius 1 is 1.23 bits per heavy atom. The lowest BCUT2D eigenvalue weighted by atomic mass is 9.90. The van der Waals surface area contributed by atoms with E-state index in [2.05, 4.69) is 20.2 Å². The second kappa shape index (κ2) is 7.65. The summed E-state index contributed by atoms with van der Waals surface area (Å²) in [7, 11) is 3.75. The van der Waals surface area contributed by atoms with Crippen molar-refractivity contribution in [1.82, 2.24) is 14.9 Å². The second-order valence-corrected chi connectivity index (χ2v) is 10.1. The number of alkyl halides is 3. The highest BCUT2D eigenvalue weighted by atomic mass is 28.1. The van der Waals surface area contributed by atoms with E-state index in [0.29, 0.717) is 49.5 Å². The number of carbonyl (C=O) groups excluding carboxylic acids is 1. The fourth-order valence-electron chi connectivity index (χ4n) is 5.65. The molecule has 4 atom stereocenters. The zero-order valence-electron chi connectivity index (χ0n) is 18.8. The van der Waals surface area contributed by atoms with Gasteiger partial charge in [-0.2, -0.15) is 13.2 Å². The molecule has 2 aromatic rings. The molecule has 184 valence electrons. The van der Waals surface area contributed by atoms with Crippen molar-refractivity contribution < 1.29 is 32.2 Å². The van der Waals surface area contributed by atoms with Gasteiger partial charge >= 0.3 is 6.18 Å². The predicted molar refractivity (Wildman–Crippen MR) is 116 cm³/mol. The zero-order valence-corrected chi connectivity index (χ0v) is 19.8. The summed E-state index contributed by atoms with van der Waals surface area (Å²) in [5, 5.41) is -1.13. The van der Waals surface area contributed by atoms with Gasteiger partial charge in [-0.1, -0.05) is 11.2 Å². The van der Waals surface area contributed by atoms with Crippen LogP contribution >= 0.6 is 0 Å². The first-order chi connectivity index (χ1) is 16.6. The average Bonchev–Trinajstić information content (AvgIpc) is 3.35. The summed E-state index contributed by atoms with van der Waals surface area (Å²) in [6, 6.07) is 2.25. The lowest BCUT2D eigenvalue weighted by molar-refractivity contribution is -0.154. The number of hydrogen-bond acceptors (Lipinski definition) is 7. The van der Waals surface area contributed by atoms with Crippen LogP contribution in [-0.2, 0) is 45.2 Å². The number of likely N-dealkylation sites (tertiary alicyclic amines) is 1. The Labute approximate surface area is 202 Å². The summed E-state index contributed by atoms with van der Waals surface area (Å²) in [5.74, 6) is 0.0304. The minimum absolute atomic E-state index is 0.113. The molecule has 2 N–H and O–H groups in total. The molecule has 1 amide bonds. The molecule has 0 saturated carbocycles. The molecule has 1 saturated heterocycles. The molecule has 0 unspecified atom stereocenters. The number of halogens is 3. The topological polar surface area (TPSA) is 99.8 Å². The van der Waals surface area contributed by atoms with Crippen LogP contribution in [0.25, 0.3) is 0 Å². The third-order valence-electron chi connectivity index (χ3n) is 7.36.